The number of rotatable bonds is 3. The van der Waals surface area contributed by atoms with Gasteiger partial charge < -0.3 is 10.6 Å². The molecule has 1 aromatic rings. The van der Waals surface area contributed by atoms with Crippen molar-refractivity contribution in [3.8, 4) is 0 Å². The number of aromatic nitrogens is 2. The van der Waals surface area contributed by atoms with Crippen molar-refractivity contribution in [3.05, 3.63) is 17.5 Å². The molecule has 0 saturated carbocycles. The normalized spacial score (nSPS) is 26.3. The molecule has 2 aliphatic heterocycles. The van der Waals surface area contributed by atoms with Crippen LogP contribution < -0.4 is 5.73 Å². The summed E-state index contributed by atoms with van der Waals surface area (Å²) >= 11 is 0. The molecule has 0 spiro atoms. The van der Waals surface area contributed by atoms with Crippen LogP contribution in [0, 0.1) is 5.92 Å². The Balaban J connectivity index is 1.99. The lowest BCUT2D eigenvalue weighted by atomic mass is 9.77. The Bertz CT molecular complexity index is 468. The van der Waals surface area contributed by atoms with Gasteiger partial charge in [0.2, 0.25) is 5.91 Å². The van der Waals surface area contributed by atoms with Gasteiger partial charge in [-0.05, 0) is 5.92 Å². The van der Waals surface area contributed by atoms with Crippen LogP contribution in [0.4, 0.5) is 0 Å². The van der Waals surface area contributed by atoms with Gasteiger partial charge in [-0.25, -0.2) is 0 Å². The molecule has 0 radical (unpaired) electrons. The van der Waals surface area contributed by atoms with Gasteiger partial charge >= 0.3 is 0 Å². The molecule has 2 unspecified atom stereocenters. The first-order valence-corrected chi connectivity index (χ1v) is 6.77. The van der Waals surface area contributed by atoms with Crippen LogP contribution in [-0.4, -0.2) is 33.7 Å². The standard InChI is InChI=1S/C13H20N4O/c1-2-9-5-13(18)16-7-11(9)10-6-15-17(4-3-14)12(10)8-16/h6,9,11H,2-5,7-8,14H2,1H3. The summed E-state index contributed by atoms with van der Waals surface area (Å²) in [5, 5.41) is 4.44. The summed E-state index contributed by atoms with van der Waals surface area (Å²) in [7, 11) is 0. The summed E-state index contributed by atoms with van der Waals surface area (Å²) < 4.78 is 1.97. The van der Waals surface area contributed by atoms with Crippen LogP contribution in [0.3, 0.4) is 0 Å². The first kappa shape index (κ1) is 11.7. The quantitative estimate of drug-likeness (QED) is 0.856. The Morgan fingerprint density at radius 1 is 1.56 bits per heavy atom. The van der Waals surface area contributed by atoms with E-state index in [1.54, 1.807) is 0 Å². The van der Waals surface area contributed by atoms with E-state index in [0.29, 0.717) is 37.3 Å². The Labute approximate surface area is 107 Å². The minimum atomic E-state index is 0.296. The summed E-state index contributed by atoms with van der Waals surface area (Å²) in [6, 6.07) is 0. The minimum absolute atomic E-state index is 0.296. The maximum absolute atomic E-state index is 12.0. The van der Waals surface area contributed by atoms with Crippen molar-refractivity contribution in [2.45, 2.75) is 38.8 Å². The molecular formula is C13H20N4O. The second-order valence-corrected chi connectivity index (χ2v) is 5.31. The average molecular weight is 248 g/mol. The van der Waals surface area contributed by atoms with E-state index < -0.39 is 0 Å². The molecule has 2 atom stereocenters. The predicted octanol–water partition coefficient (Wildman–Crippen LogP) is 0.697. The maximum Gasteiger partial charge on any atom is 0.223 e. The fourth-order valence-electron chi connectivity index (χ4n) is 3.32. The van der Waals surface area contributed by atoms with Crippen molar-refractivity contribution in [2.75, 3.05) is 13.1 Å². The highest BCUT2D eigenvalue weighted by Crippen LogP contribution is 2.40. The molecule has 2 bridgehead atoms. The summed E-state index contributed by atoms with van der Waals surface area (Å²) in [5.74, 6) is 1.25. The van der Waals surface area contributed by atoms with Gasteiger partial charge in [-0.15, -0.1) is 0 Å². The number of fused-ring (bicyclic) bond motifs is 4. The zero-order valence-corrected chi connectivity index (χ0v) is 10.8. The van der Waals surface area contributed by atoms with Gasteiger partial charge in [0.15, 0.2) is 0 Å². The number of nitrogens with two attached hydrogens (primary N) is 1. The monoisotopic (exact) mass is 248 g/mol. The molecule has 5 nitrogen and oxygen atoms in total. The van der Waals surface area contributed by atoms with Crippen molar-refractivity contribution < 1.29 is 4.79 Å². The van der Waals surface area contributed by atoms with E-state index in [1.165, 1.54) is 11.3 Å². The van der Waals surface area contributed by atoms with Gasteiger partial charge in [-0.3, -0.25) is 9.48 Å². The van der Waals surface area contributed by atoms with Crippen LogP contribution in [0.5, 0.6) is 0 Å². The lowest BCUT2D eigenvalue weighted by molar-refractivity contribution is -0.137. The van der Waals surface area contributed by atoms with E-state index in [-0.39, 0.29) is 0 Å². The fourth-order valence-corrected chi connectivity index (χ4v) is 3.32. The first-order chi connectivity index (χ1) is 8.74. The van der Waals surface area contributed by atoms with E-state index in [4.69, 9.17) is 5.73 Å². The van der Waals surface area contributed by atoms with Gasteiger partial charge in [-0.2, -0.15) is 5.10 Å². The third-order valence-electron chi connectivity index (χ3n) is 4.36. The molecule has 1 amide bonds. The van der Waals surface area contributed by atoms with E-state index in [9.17, 15) is 4.79 Å². The number of carbonyl (C=O) groups is 1. The molecule has 1 fully saturated rings. The summed E-state index contributed by atoms with van der Waals surface area (Å²) in [6.07, 6.45) is 3.75. The largest absolute Gasteiger partial charge is 0.336 e. The lowest BCUT2D eigenvalue weighted by Gasteiger charge is -2.42. The van der Waals surface area contributed by atoms with Gasteiger partial charge in [0.25, 0.3) is 0 Å². The molecule has 1 saturated heterocycles. The van der Waals surface area contributed by atoms with E-state index in [1.807, 2.05) is 15.8 Å². The maximum atomic E-state index is 12.0. The second-order valence-electron chi connectivity index (χ2n) is 5.31. The van der Waals surface area contributed by atoms with Crippen LogP contribution >= 0.6 is 0 Å². The Kier molecular flexibility index (Phi) is 2.86. The smallest absolute Gasteiger partial charge is 0.223 e. The van der Waals surface area contributed by atoms with E-state index >= 15 is 0 Å². The molecular weight excluding hydrogens is 228 g/mol. The Morgan fingerprint density at radius 2 is 2.39 bits per heavy atom. The van der Waals surface area contributed by atoms with Crippen LogP contribution in [-0.2, 0) is 17.9 Å². The zero-order valence-electron chi connectivity index (χ0n) is 10.8. The predicted molar refractivity (Wildman–Crippen MR) is 67.8 cm³/mol. The highest BCUT2D eigenvalue weighted by molar-refractivity contribution is 5.78. The van der Waals surface area contributed by atoms with Crippen molar-refractivity contribution >= 4 is 5.91 Å². The summed E-state index contributed by atoms with van der Waals surface area (Å²) in [5.41, 5.74) is 8.15. The van der Waals surface area contributed by atoms with Crippen LogP contribution in [0.1, 0.15) is 36.9 Å². The molecule has 98 valence electrons. The zero-order chi connectivity index (χ0) is 12.7. The van der Waals surface area contributed by atoms with E-state index in [2.05, 4.69) is 12.0 Å². The van der Waals surface area contributed by atoms with Gasteiger partial charge in [0, 0.05) is 31.0 Å². The van der Waals surface area contributed by atoms with E-state index in [0.717, 1.165) is 19.5 Å². The number of piperidine rings is 1. The third-order valence-corrected chi connectivity index (χ3v) is 4.36. The topological polar surface area (TPSA) is 64.2 Å². The molecule has 2 aliphatic rings. The molecule has 3 rings (SSSR count). The van der Waals surface area contributed by atoms with Crippen molar-refractivity contribution in [3.63, 3.8) is 0 Å². The number of amides is 1. The van der Waals surface area contributed by atoms with Gasteiger partial charge in [0.05, 0.1) is 25.0 Å². The van der Waals surface area contributed by atoms with Crippen LogP contribution in [0.15, 0.2) is 6.20 Å². The summed E-state index contributed by atoms with van der Waals surface area (Å²) in [4.78, 5) is 14.0. The third kappa shape index (κ3) is 1.65. The Hall–Kier alpha value is -1.36. The molecule has 3 heterocycles. The number of carbonyl (C=O) groups excluding carboxylic acids is 1. The molecule has 0 aromatic carbocycles. The lowest BCUT2D eigenvalue weighted by Crippen LogP contribution is -2.46. The molecule has 0 aliphatic carbocycles. The van der Waals surface area contributed by atoms with Crippen LogP contribution in [0.2, 0.25) is 0 Å². The van der Waals surface area contributed by atoms with Crippen LogP contribution in [0.25, 0.3) is 0 Å². The van der Waals surface area contributed by atoms with Crippen molar-refractivity contribution in [2.24, 2.45) is 11.7 Å². The first-order valence-electron chi connectivity index (χ1n) is 6.77. The van der Waals surface area contributed by atoms with Gasteiger partial charge in [-0.1, -0.05) is 13.3 Å². The van der Waals surface area contributed by atoms with Gasteiger partial charge in [0.1, 0.15) is 0 Å². The number of nitrogens with zero attached hydrogens (tertiary/aromatic N) is 3. The Morgan fingerprint density at radius 3 is 3.11 bits per heavy atom. The highest BCUT2D eigenvalue weighted by Gasteiger charge is 2.40. The SMILES string of the molecule is CCC1CC(=O)N2Cc3c(cnn3CCN)C1C2. The number of hydrogen-bond donors (Lipinski definition) is 1. The average Bonchev–Trinajstić information content (AvgIpc) is 2.77. The summed E-state index contributed by atoms with van der Waals surface area (Å²) in [6.45, 7) is 5.08. The molecule has 5 heteroatoms. The van der Waals surface area contributed by atoms with Crippen molar-refractivity contribution in [1.82, 2.24) is 14.7 Å². The minimum Gasteiger partial charge on any atom is -0.336 e. The molecule has 2 N–H and O–H groups in total. The molecule has 18 heavy (non-hydrogen) atoms. The second kappa shape index (κ2) is 4.39. The van der Waals surface area contributed by atoms with Crippen molar-refractivity contribution in [1.29, 1.82) is 0 Å². The molecule has 1 aromatic heterocycles. The fraction of sp³-hybridized carbons (Fsp3) is 0.692. The number of hydrogen-bond acceptors (Lipinski definition) is 3. The highest BCUT2D eigenvalue weighted by atomic mass is 16.2.